The Morgan fingerprint density at radius 1 is 0.636 bits per heavy atom. The zero-order chi connectivity index (χ0) is 28.5. The normalized spacial score (nSPS) is 18.2. The second-order valence-corrected chi connectivity index (χ2v) is 13.3. The molecule has 1 aliphatic heterocycles. The summed E-state index contributed by atoms with van der Waals surface area (Å²) >= 11 is 0. The number of benzene rings is 5. The Bertz CT molecular complexity index is 1810. The van der Waals surface area contributed by atoms with Crippen LogP contribution in [0.1, 0.15) is 79.2 Å². The van der Waals surface area contributed by atoms with Gasteiger partial charge >= 0.3 is 0 Å². The molecule has 0 bridgehead atoms. The third-order valence-corrected chi connectivity index (χ3v) is 10.9. The number of allylic oxidation sites excluding steroid dienone is 2. The third-order valence-electron chi connectivity index (χ3n) is 9.52. The van der Waals surface area contributed by atoms with Crippen LogP contribution in [0.3, 0.4) is 0 Å². The fourth-order valence-corrected chi connectivity index (χ4v) is 8.73. The van der Waals surface area contributed by atoms with Crippen molar-refractivity contribution in [1.82, 2.24) is 0 Å². The van der Waals surface area contributed by atoms with Crippen LogP contribution in [-0.2, 0) is 25.8 Å². The van der Waals surface area contributed by atoms with Crippen LogP contribution in [0, 0.1) is 13.8 Å². The number of hydrogen-bond donors (Lipinski definition) is 0. The minimum atomic E-state index is 0. The van der Waals surface area contributed by atoms with E-state index in [-0.39, 0.29) is 33.3 Å². The number of fused-ring (bicyclic) bond motifs is 5. The molecule has 1 saturated heterocycles. The molecule has 2 atom stereocenters. The summed E-state index contributed by atoms with van der Waals surface area (Å²) in [5, 5.41) is 5.34. The molecule has 0 N–H and O–H groups in total. The van der Waals surface area contributed by atoms with Gasteiger partial charge in [-0.2, -0.15) is 0 Å². The van der Waals surface area contributed by atoms with Crippen LogP contribution in [0.2, 0.25) is 12.1 Å². The molecule has 2 radical (unpaired) electrons. The first kappa shape index (κ1) is 32.6. The van der Waals surface area contributed by atoms with Crippen LogP contribution < -0.4 is 0 Å². The van der Waals surface area contributed by atoms with Crippen molar-refractivity contribution in [3.8, 4) is 0 Å². The van der Waals surface area contributed by atoms with Crippen LogP contribution in [-0.4, -0.2) is 9.52 Å². The van der Waals surface area contributed by atoms with Crippen LogP contribution in [0.5, 0.6) is 0 Å². The molecule has 2 heteroatoms. The largest absolute Gasteiger partial charge is 0.358 e. The smallest absolute Gasteiger partial charge is 0.0377 e. The molecule has 0 nitrogen and oxygen atoms in total. The molecule has 1 fully saturated rings. The summed E-state index contributed by atoms with van der Waals surface area (Å²) in [6.07, 6.45) is 10.3. The first-order chi connectivity index (χ1) is 20.8. The zero-order valence-electron chi connectivity index (χ0n) is 26.4. The predicted molar refractivity (Wildman–Crippen MR) is 190 cm³/mol. The maximum atomic E-state index is 2.66. The summed E-state index contributed by atoms with van der Waals surface area (Å²) in [6, 6.07) is 41.2. The maximum Gasteiger partial charge on any atom is 0.0377 e. The van der Waals surface area contributed by atoms with Crippen molar-refractivity contribution in [3.05, 3.63) is 156 Å². The van der Waals surface area contributed by atoms with Crippen molar-refractivity contribution >= 4 is 42.7 Å². The van der Waals surface area contributed by atoms with Crippen molar-refractivity contribution in [2.24, 2.45) is 0 Å². The molecule has 3 aliphatic rings. The van der Waals surface area contributed by atoms with E-state index in [1.54, 1.807) is 5.57 Å². The van der Waals surface area contributed by atoms with Crippen molar-refractivity contribution in [2.75, 3.05) is 0 Å². The molecule has 0 aromatic heterocycles. The van der Waals surface area contributed by atoms with Crippen molar-refractivity contribution in [2.45, 2.75) is 63.5 Å². The monoisotopic (exact) mass is 754 g/mol. The fourth-order valence-electron chi connectivity index (χ4n) is 7.48. The van der Waals surface area contributed by atoms with E-state index >= 15 is 0 Å². The maximum absolute atomic E-state index is 2.66. The van der Waals surface area contributed by atoms with E-state index in [9.17, 15) is 0 Å². The van der Waals surface area contributed by atoms with Gasteiger partial charge in [-0.25, -0.2) is 0 Å². The van der Waals surface area contributed by atoms with Gasteiger partial charge < -0.3 is 13.8 Å². The Labute approximate surface area is 286 Å². The Hall–Kier alpha value is -2.81. The van der Waals surface area contributed by atoms with Gasteiger partial charge in [-0.1, -0.05) is 170 Å². The van der Waals surface area contributed by atoms with E-state index in [4.69, 9.17) is 0 Å². The molecule has 0 saturated carbocycles. The van der Waals surface area contributed by atoms with Gasteiger partial charge in [0.1, 0.15) is 0 Å². The molecule has 44 heavy (non-hydrogen) atoms. The molecule has 2 unspecified atom stereocenters. The summed E-state index contributed by atoms with van der Waals surface area (Å²) in [5.41, 5.74) is 11.6. The molecule has 2 aliphatic carbocycles. The molecule has 8 rings (SSSR count). The van der Waals surface area contributed by atoms with Gasteiger partial charge in [0, 0.05) is 35.4 Å². The predicted octanol–water partition coefficient (Wildman–Crippen LogP) is 11.9. The fraction of sp³-hybridized carbons (Fsp3) is 0.238. The first-order valence-electron chi connectivity index (χ1n) is 15.9. The second kappa shape index (κ2) is 14.5. The summed E-state index contributed by atoms with van der Waals surface area (Å²) in [6.45, 7) is 4.64. The van der Waals surface area contributed by atoms with E-state index in [1.165, 1.54) is 95.0 Å². The van der Waals surface area contributed by atoms with Crippen molar-refractivity contribution < 1.29 is 25.8 Å². The zero-order valence-corrected chi connectivity index (χ0v) is 31.0. The van der Waals surface area contributed by atoms with E-state index < -0.39 is 0 Å². The van der Waals surface area contributed by atoms with Crippen LogP contribution in [0.4, 0.5) is 0 Å². The minimum Gasteiger partial charge on any atom is -0.358 e. The average Bonchev–Trinajstić information content (AvgIpc) is 3.81. The summed E-state index contributed by atoms with van der Waals surface area (Å²) in [7, 11) is 1.31. The number of hydrogen-bond acceptors (Lipinski definition) is 0. The van der Waals surface area contributed by atoms with Gasteiger partial charge in [0.2, 0.25) is 0 Å². The van der Waals surface area contributed by atoms with Gasteiger partial charge in [-0.3, -0.25) is 0 Å². The molecule has 0 amide bonds. The molecule has 1 heterocycles. The SMILES string of the molecule is C1CC[Si]C1.CCC1=Cc2c(ccc3ccccc23)C1[CH-]C1C(CC)=C(c2cccc3ccccc23)c2ccccc21.[CH3-].[Hf]. The minimum absolute atomic E-state index is 0. The topological polar surface area (TPSA) is 0 Å². The Kier molecular flexibility index (Phi) is 10.8. The summed E-state index contributed by atoms with van der Waals surface area (Å²) in [5.74, 6) is 0.656. The first-order valence-corrected chi connectivity index (χ1v) is 17.3. The van der Waals surface area contributed by atoms with Crippen molar-refractivity contribution in [1.29, 1.82) is 0 Å². The molecule has 5 aromatic carbocycles. The van der Waals surface area contributed by atoms with Gasteiger partial charge in [-0.05, 0) is 56.6 Å². The van der Waals surface area contributed by atoms with E-state index in [2.05, 4.69) is 129 Å². The van der Waals surface area contributed by atoms with Crippen molar-refractivity contribution in [3.63, 3.8) is 0 Å². The summed E-state index contributed by atoms with van der Waals surface area (Å²) in [4.78, 5) is 0. The molecule has 5 aromatic rings. The van der Waals surface area contributed by atoms with Crippen LogP contribution in [0.25, 0.3) is 33.2 Å². The Balaban J connectivity index is 0.000000502. The van der Waals surface area contributed by atoms with Gasteiger partial charge in [0.05, 0.1) is 0 Å². The Morgan fingerprint density at radius 3 is 1.98 bits per heavy atom. The third kappa shape index (κ3) is 5.93. The van der Waals surface area contributed by atoms with Gasteiger partial charge in [0.25, 0.3) is 0 Å². The quantitative estimate of drug-likeness (QED) is 0.124. The van der Waals surface area contributed by atoms with E-state index in [0.717, 1.165) is 12.8 Å². The average molecular weight is 753 g/mol. The molecular weight excluding hydrogens is 711 g/mol. The standard InChI is InChI=1S/C37H31.C4H8Si.CH3.Hf/c1-3-24-22-35-29-16-8-6-13-26(29)20-21-31(35)34(24)23-36-27(4-2)37(33-18-10-9-17-30(33)36)32-19-11-14-25-12-5-7-15-28(25)32;1-2-4-5-3-1;;/h5-23,34,36H,3-4H2,1-2H3;1-4H2;1H3;/q-1;;-1;. The second-order valence-electron chi connectivity index (χ2n) is 11.8. The molecule has 0 spiro atoms. The van der Waals surface area contributed by atoms with Gasteiger partial charge in [0.15, 0.2) is 0 Å². The van der Waals surface area contributed by atoms with Crippen LogP contribution in [0.15, 0.2) is 114 Å². The Morgan fingerprint density at radius 2 is 1.27 bits per heavy atom. The van der Waals surface area contributed by atoms with E-state index in [1.807, 2.05) is 0 Å². The molecular formula is C42H42HfSi-2. The van der Waals surface area contributed by atoms with Gasteiger partial charge in [-0.15, -0.1) is 11.8 Å². The molecule has 220 valence electrons. The van der Waals surface area contributed by atoms with E-state index in [0.29, 0.717) is 11.8 Å². The summed E-state index contributed by atoms with van der Waals surface area (Å²) < 4.78 is 0. The number of rotatable bonds is 5. The van der Waals surface area contributed by atoms with Crippen LogP contribution >= 0.6 is 0 Å².